The number of nitrogens with zero attached hydrogens (tertiary/aromatic N) is 4. The van der Waals surface area contributed by atoms with Gasteiger partial charge >= 0.3 is 0 Å². The van der Waals surface area contributed by atoms with Gasteiger partial charge in [0.1, 0.15) is 18.0 Å². The van der Waals surface area contributed by atoms with Crippen molar-refractivity contribution in [2.24, 2.45) is 5.73 Å². The summed E-state index contributed by atoms with van der Waals surface area (Å²) < 4.78 is 2.05. The fraction of sp³-hybridized carbons (Fsp3) is 0.214. The Hall–Kier alpha value is -2.27. The molecule has 0 unspecified atom stereocenters. The van der Waals surface area contributed by atoms with Crippen molar-refractivity contribution in [3.63, 3.8) is 0 Å². The SMILES string of the molecule is Cc1cc(-n2c(CCN)nc3ccccc32)ncn1. The Labute approximate surface area is 111 Å². The second kappa shape index (κ2) is 4.78. The first-order valence-corrected chi connectivity index (χ1v) is 6.25. The van der Waals surface area contributed by atoms with Gasteiger partial charge in [0.25, 0.3) is 0 Å². The van der Waals surface area contributed by atoms with Crippen LogP contribution in [0.25, 0.3) is 16.9 Å². The maximum absolute atomic E-state index is 5.67. The molecular weight excluding hydrogens is 238 g/mol. The van der Waals surface area contributed by atoms with Crippen molar-refractivity contribution >= 4 is 11.0 Å². The van der Waals surface area contributed by atoms with E-state index in [2.05, 4.69) is 19.5 Å². The molecule has 0 aliphatic heterocycles. The summed E-state index contributed by atoms with van der Waals surface area (Å²) in [5.41, 5.74) is 8.61. The first-order valence-electron chi connectivity index (χ1n) is 6.25. The molecule has 0 saturated heterocycles. The Kier molecular flexibility index (Phi) is 2.97. The molecule has 0 amide bonds. The standard InChI is InChI=1S/C14H15N5/c1-10-8-14(17-9-16-10)19-12-5-3-2-4-11(12)18-13(19)6-7-15/h2-5,8-9H,6-7,15H2,1H3. The lowest BCUT2D eigenvalue weighted by Crippen LogP contribution is -2.10. The minimum Gasteiger partial charge on any atom is -0.330 e. The third kappa shape index (κ3) is 2.08. The molecule has 0 aliphatic carbocycles. The molecule has 2 heterocycles. The number of rotatable bonds is 3. The molecule has 5 nitrogen and oxygen atoms in total. The largest absolute Gasteiger partial charge is 0.330 e. The number of imidazole rings is 1. The van der Waals surface area contributed by atoms with E-state index < -0.39 is 0 Å². The van der Waals surface area contributed by atoms with E-state index >= 15 is 0 Å². The highest BCUT2D eigenvalue weighted by molar-refractivity contribution is 5.77. The van der Waals surface area contributed by atoms with E-state index in [1.807, 2.05) is 37.3 Å². The molecule has 0 aliphatic rings. The summed E-state index contributed by atoms with van der Waals surface area (Å²) in [5, 5.41) is 0. The second-order valence-corrected chi connectivity index (χ2v) is 4.41. The summed E-state index contributed by atoms with van der Waals surface area (Å²) >= 11 is 0. The molecule has 0 fully saturated rings. The lowest BCUT2D eigenvalue weighted by molar-refractivity contribution is 0.830. The normalized spacial score (nSPS) is 11.1. The third-order valence-corrected chi connectivity index (χ3v) is 3.02. The van der Waals surface area contributed by atoms with Gasteiger partial charge in [0, 0.05) is 18.2 Å². The highest BCUT2D eigenvalue weighted by Gasteiger charge is 2.12. The summed E-state index contributed by atoms with van der Waals surface area (Å²) in [6, 6.07) is 9.98. The molecule has 0 saturated carbocycles. The Morgan fingerprint density at radius 3 is 2.84 bits per heavy atom. The Bertz CT molecular complexity index is 717. The lowest BCUT2D eigenvalue weighted by Gasteiger charge is -2.07. The predicted octanol–water partition coefficient (Wildman–Crippen LogP) is 1.63. The minimum absolute atomic E-state index is 0.563. The molecular formula is C14H15N5. The highest BCUT2D eigenvalue weighted by Crippen LogP contribution is 2.20. The van der Waals surface area contributed by atoms with Gasteiger partial charge in [-0.1, -0.05) is 12.1 Å². The molecule has 19 heavy (non-hydrogen) atoms. The van der Waals surface area contributed by atoms with E-state index in [0.29, 0.717) is 6.54 Å². The van der Waals surface area contributed by atoms with E-state index in [0.717, 1.165) is 34.8 Å². The van der Waals surface area contributed by atoms with Crippen LogP contribution in [0.15, 0.2) is 36.7 Å². The smallest absolute Gasteiger partial charge is 0.142 e. The molecule has 0 atom stereocenters. The number of benzene rings is 1. The van der Waals surface area contributed by atoms with Gasteiger partial charge in [-0.15, -0.1) is 0 Å². The van der Waals surface area contributed by atoms with Crippen molar-refractivity contribution in [2.45, 2.75) is 13.3 Å². The van der Waals surface area contributed by atoms with Crippen LogP contribution >= 0.6 is 0 Å². The van der Waals surface area contributed by atoms with Crippen LogP contribution in [0.2, 0.25) is 0 Å². The van der Waals surface area contributed by atoms with Crippen molar-refractivity contribution in [3.8, 4) is 5.82 Å². The molecule has 0 spiro atoms. The number of para-hydroxylation sites is 2. The number of hydrogen-bond donors (Lipinski definition) is 1. The van der Waals surface area contributed by atoms with E-state index in [1.165, 1.54) is 0 Å². The van der Waals surface area contributed by atoms with Crippen LogP contribution in [0.5, 0.6) is 0 Å². The molecule has 1 aromatic carbocycles. The van der Waals surface area contributed by atoms with Crippen LogP contribution < -0.4 is 5.73 Å². The molecule has 0 radical (unpaired) electrons. The van der Waals surface area contributed by atoms with Crippen molar-refractivity contribution in [3.05, 3.63) is 48.2 Å². The Balaban J connectivity index is 2.28. The lowest BCUT2D eigenvalue weighted by atomic mass is 10.3. The van der Waals surface area contributed by atoms with Gasteiger partial charge in [0.2, 0.25) is 0 Å². The van der Waals surface area contributed by atoms with Crippen LogP contribution in [0.1, 0.15) is 11.5 Å². The number of aryl methyl sites for hydroxylation is 1. The average molecular weight is 253 g/mol. The highest BCUT2D eigenvalue weighted by atomic mass is 15.1. The maximum Gasteiger partial charge on any atom is 0.142 e. The van der Waals surface area contributed by atoms with Crippen LogP contribution in [-0.4, -0.2) is 26.1 Å². The zero-order valence-electron chi connectivity index (χ0n) is 10.7. The zero-order chi connectivity index (χ0) is 13.2. The van der Waals surface area contributed by atoms with Gasteiger partial charge in [0.05, 0.1) is 11.0 Å². The molecule has 5 heteroatoms. The molecule has 3 aromatic rings. The summed E-state index contributed by atoms with van der Waals surface area (Å²) in [5.74, 6) is 1.77. The molecule has 2 aromatic heterocycles. The Morgan fingerprint density at radius 1 is 1.21 bits per heavy atom. The summed E-state index contributed by atoms with van der Waals surface area (Å²) in [7, 11) is 0. The van der Waals surface area contributed by atoms with E-state index in [1.54, 1.807) is 6.33 Å². The number of nitrogens with two attached hydrogens (primary N) is 1. The van der Waals surface area contributed by atoms with Gasteiger partial charge in [-0.3, -0.25) is 4.57 Å². The van der Waals surface area contributed by atoms with Crippen molar-refractivity contribution in [1.29, 1.82) is 0 Å². The first kappa shape index (κ1) is 11.8. The summed E-state index contributed by atoms with van der Waals surface area (Å²) in [4.78, 5) is 13.1. The van der Waals surface area contributed by atoms with Crippen LogP contribution in [-0.2, 0) is 6.42 Å². The molecule has 0 bridgehead atoms. The topological polar surface area (TPSA) is 69.6 Å². The van der Waals surface area contributed by atoms with Gasteiger partial charge in [-0.25, -0.2) is 15.0 Å². The minimum atomic E-state index is 0.563. The van der Waals surface area contributed by atoms with Gasteiger partial charge in [0.15, 0.2) is 0 Å². The van der Waals surface area contributed by atoms with Crippen LogP contribution in [0, 0.1) is 6.92 Å². The number of aromatic nitrogens is 4. The monoisotopic (exact) mass is 253 g/mol. The predicted molar refractivity (Wildman–Crippen MR) is 74.2 cm³/mol. The van der Waals surface area contributed by atoms with E-state index in [4.69, 9.17) is 5.73 Å². The fourth-order valence-electron chi connectivity index (χ4n) is 2.19. The average Bonchev–Trinajstić information content (AvgIpc) is 2.77. The molecule has 96 valence electrons. The van der Waals surface area contributed by atoms with Gasteiger partial charge < -0.3 is 5.73 Å². The van der Waals surface area contributed by atoms with E-state index in [-0.39, 0.29) is 0 Å². The van der Waals surface area contributed by atoms with E-state index in [9.17, 15) is 0 Å². The third-order valence-electron chi connectivity index (χ3n) is 3.02. The Morgan fingerprint density at radius 2 is 2.05 bits per heavy atom. The van der Waals surface area contributed by atoms with Crippen molar-refractivity contribution < 1.29 is 0 Å². The van der Waals surface area contributed by atoms with Crippen LogP contribution in [0.3, 0.4) is 0 Å². The maximum atomic E-state index is 5.67. The summed E-state index contributed by atoms with van der Waals surface area (Å²) in [6.07, 6.45) is 2.30. The fourth-order valence-corrected chi connectivity index (χ4v) is 2.19. The number of hydrogen-bond acceptors (Lipinski definition) is 4. The quantitative estimate of drug-likeness (QED) is 0.770. The van der Waals surface area contributed by atoms with Crippen molar-refractivity contribution in [2.75, 3.05) is 6.54 Å². The summed E-state index contributed by atoms with van der Waals surface area (Å²) in [6.45, 7) is 2.51. The zero-order valence-corrected chi connectivity index (χ0v) is 10.7. The van der Waals surface area contributed by atoms with Crippen LogP contribution in [0.4, 0.5) is 0 Å². The first-order chi connectivity index (χ1) is 9.29. The second-order valence-electron chi connectivity index (χ2n) is 4.41. The molecule has 2 N–H and O–H groups in total. The van der Waals surface area contributed by atoms with Crippen molar-refractivity contribution in [1.82, 2.24) is 19.5 Å². The molecule has 3 rings (SSSR count). The van der Waals surface area contributed by atoms with Gasteiger partial charge in [-0.2, -0.15) is 0 Å². The number of fused-ring (bicyclic) bond motifs is 1. The van der Waals surface area contributed by atoms with Gasteiger partial charge in [-0.05, 0) is 25.6 Å².